The summed E-state index contributed by atoms with van der Waals surface area (Å²) >= 11 is 0. The highest BCUT2D eigenvalue weighted by molar-refractivity contribution is 5.99. The Hall–Kier alpha value is -2.04. The summed E-state index contributed by atoms with van der Waals surface area (Å²) in [6.45, 7) is 3.20. The predicted molar refractivity (Wildman–Crippen MR) is 62.9 cm³/mol. The lowest BCUT2D eigenvalue weighted by Crippen LogP contribution is -2.26. The number of aliphatic carboxylic acids is 1. The Kier molecular flexibility index (Phi) is 2.98. The van der Waals surface area contributed by atoms with E-state index in [9.17, 15) is 9.59 Å². The second-order valence-electron chi connectivity index (χ2n) is 4.86. The number of Topliss-reactive ketones (excluding diaryl/α,β-unsaturated/α-hetero) is 1. The van der Waals surface area contributed by atoms with Crippen molar-refractivity contribution in [1.29, 1.82) is 0 Å². The van der Waals surface area contributed by atoms with Crippen molar-refractivity contribution in [2.75, 3.05) is 6.79 Å². The van der Waals surface area contributed by atoms with Gasteiger partial charge in [-0.3, -0.25) is 9.59 Å². The van der Waals surface area contributed by atoms with E-state index in [4.69, 9.17) is 14.6 Å². The molecule has 1 aromatic rings. The van der Waals surface area contributed by atoms with Crippen molar-refractivity contribution < 1.29 is 24.2 Å². The van der Waals surface area contributed by atoms with Crippen LogP contribution in [0.5, 0.6) is 11.5 Å². The Morgan fingerprint density at radius 3 is 2.61 bits per heavy atom. The number of carbonyl (C=O) groups excluding carboxylic acids is 1. The second-order valence-corrected chi connectivity index (χ2v) is 4.86. The summed E-state index contributed by atoms with van der Waals surface area (Å²) in [4.78, 5) is 23.0. The maximum atomic E-state index is 12.0. The molecule has 5 heteroatoms. The van der Waals surface area contributed by atoms with Crippen molar-refractivity contribution in [3.63, 3.8) is 0 Å². The van der Waals surface area contributed by atoms with Crippen LogP contribution in [-0.2, 0) is 4.79 Å². The Balaban J connectivity index is 2.17. The van der Waals surface area contributed by atoms with E-state index in [0.717, 1.165) is 0 Å². The highest BCUT2D eigenvalue weighted by atomic mass is 16.7. The number of benzene rings is 1. The van der Waals surface area contributed by atoms with Gasteiger partial charge in [0.1, 0.15) is 0 Å². The smallest absolute Gasteiger partial charge is 0.309 e. The minimum atomic E-state index is -1.08. The molecule has 0 fully saturated rings. The molecule has 1 N–H and O–H groups in total. The third-order valence-electron chi connectivity index (χ3n) is 2.88. The van der Waals surface area contributed by atoms with Gasteiger partial charge >= 0.3 is 5.97 Å². The first-order valence-corrected chi connectivity index (χ1v) is 5.56. The number of hydrogen-bond acceptors (Lipinski definition) is 4. The van der Waals surface area contributed by atoms with Crippen molar-refractivity contribution >= 4 is 11.8 Å². The van der Waals surface area contributed by atoms with Gasteiger partial charge in [0, 0.05) is 12.0 Å². The highest BCUT2D eigenvalue weighted by Crippen LogP contribution is 2.33. The maximum absolute atomic E-state index is 12.0. The highest BCUT2D eigenvalue weighted by Gasteiger charge is 2.31. The molecule has 18 heavy (non-hydrogen) atoms. The lowest BCUT2D eigenvalue weighted by atomic mass is 9.85. The van der Waals surface area contributed by atoms with Crippen LogP contribution >= 0.6 is 0 Å². The summed E-state index contributed by atoms with van der Waals surface area (Å²) < 4.78 is 10.3. The second kappa shape index (κ2) is 4.33. The van der Waals surface area contributed by atoms with E-state index in [1.807, 2.05) is 0 Å². The molecule has 0 unspecified atom stereocenters. The topological polar surface area (TPSA) is 72.8 Å². The molecule has 0 amide bonds. The molecular formula is C13H14O5. The first-order valence-electron chi connectivity index (χ1n) is 5.56. The molecular weight excluding hydrogens is 236 g/mol. The standard InChI is InChI=1S/C13H14O5/c1-13(2,12(15)16)6-9(14)8-3-4-10-11(5-8)18-7-17-10/h3-5H,6-7H2,1-2H3,(H,15,16). The van der Waals surface area contributed by atoms with Gasteiger partial charge in [-0.2, -0.15) is 0 Å². The average molecular weight is 250 g/mol. The molecule has 5 nitrogen and oxygen atoms in total. The van der Waals surface area contributed by atoms with Crippen LogP contribution < -0.4 is 9.47 Å². The van der Waals surface area contributed by atoms with Gasteiger partial charge in [0.2, 0.25) is 6.79 Å². The Bertz CT molecular complexity index is 504. The Morgan fingerprint density at radius 1 is 1.28 bits per heavy atom. The quantitative estimate of drug-likeness (QED) is 0.828. The Morgan fingerprint density at radius 2 is 1.94 bits per heavy atom. The van der Waals surface area contributed by atoms with Crippen molar-refractivity contribution in [2.24, 2.45) is 5.41 Å². The molecule has 0 aliphatic carbocycles. The average Bonchev–Trinajstić information content (AvgIpc) is 2.74. The van der Waals surface area contributed by atoms with Gasteiger partial charge in [0.15, 0.2) is 17.3 Å². The van der Waals surface area contributed by atoms with Crippen LogP contribution in [0, 0.1) is 5.41 Å². The molecule has 0 atom stereocenters. The van der Waals surface area contributed by atoms with Gasteiger partial charge in [0.05, 0.1) is 5.41 Å². The summed E-state index contributed by atoms with van der Waals surface area (Å²) in [5.41, 5.74) is -0.637. The van der Waals surface area contributed by atoms with E-state index in [1.54, 1.807) is 18.2 Å². The number of carboxylic acids is 1. The maximum Gasteiger partial charge on any atom is 0.309 e. The number of carboxylic acid groups (broad SMARTS) is 1. The van der Waals surface area contributed by atoms with Gasteiger partial charge in [-0.05, 0) is 32.0 Å². The lowest BCUT2D eigenvalue weighted by molar-refractivity contribution is -0.146. The monoisotopic (exact) mass is 250 g/mol. The third kappa shape index (κ3) is 2.30. The molecule has 0 spiro atoms. The number of ketones is 1. The molecule has 0 radical (unpaired) electrons. The van der Waals surface area contributed by atoms with Gasteiger partial charge in [-0.25, -0.2) is 0 Å². The van der Waals surface area contributed by atoms with Crippen LogP contribution in [0.1, 0.15) is 30.6 Å². The van der Waals surface area contributed by atoms with Crippen molar-refractivity contribution in [3.8, 4) is 11.5 Å². The van der Waals surface area contributed by atoms with Crippen LogP contribution in [0.4, 0.5) is 0 Å². The molecule has 0 bridgehead atoms. The molecule has 0 saturated heterocycles. The first-order chi connectivity index (χ1) is 8.40. The van der Waals surface area contributed by atoms with Crippen LogP contribution in [0.3, 0.4) is 0 Å². The zero-order chi connectivity index (χ0) is 13.3. The van der Waals surface area contributed by atoms with Gasteiger partial charge in [0.25, 0.3) is 0 Å². The van der Waals surface area contributed by atoms with Crippen LogP contribution in [0.25, 0.3) is 0 Å². The number of rotatable bonds is 4. The number of ether oxygens (including phenoxy) is 2. The minimum Gasteiger partial charge on any atom is -0.481 e. The summed E-state index contributed by atoms with van der Waals surface area (Å²) in [5, 5.41) is 9.00. The number of hydrogen-bond donors (Lipinski definition) is 1. The molecule has 1 aliphatic heterocycles. The van der Waals surface area contributed by atoms with E-state index < -0.39 is 11.4 Å². The SMILES string of the molecule is CC(C)(CC(=O)c1ccc2c(c1)OCO2)C(=O)O. The Labute approximate surface area is 104 Å². The van der Waals surface area contributed by atoms with Crippen molar-refractivity contribution in [3.05, 3.63) is 23.8 Å². The molecule has 1 heterocycles. The minimum absolute atomic E-state index is 0.0536. The van der Waals surface area contributed by atoms with E-state index in [0.29, 0.717) is 17.1 Å². The van der Waals surface area contributed by atoms with Gasteiger partial charge in [-0.15, -0.1) is 0 Å². The van der Waals surface area contributed by atoms with Gasteiger partial charge in [-0.1, -0.05) is 0 Å². The third-order valence-corrected chi connectivity index (χ3v) is 2.88. The normalized spacial score (nSPS) is 13.4. The molecule has 0 aromatic heterocycles. The number of fused-ring (bicyclic) bond motifs is 1. The lowest BCUT2D eigenvalue weighted by Gasteiger charge is -2.17. The predicted octanol–water partition coefficient (Wildman–Crippen LogP) is 2.10. The van der Waals surface area contributed by atoms with E-state index in [1.165, 1.54) is 13.8 Å². The molecule has 0 saturated carbocycles. The fourth-order valence-electron chi connectivity index (χ4n) is 1.65. The van der Waals surface area contributed by atoms with Crippen molar-refractivity contribution in [1.82, 2.24) is 0 Å². The molecule has 2 rings (SSSR count). The van der Waals surface area contributed by atoms with E-state index in [2.05, 4.69) is 0 Å². The summed E-state index contributed by atoms with van der Waals surface area (Å²) in [5.74, 6) is -0.0877. The number of carbonyl (C=O) groups is 2. The van der Waals surface area contributed by atoms with Crippen LogP contribution in [-0.4, -0.2) is 23.7 Å². The molecule has 96 valence electrons. The largest absolute Gasteiger partial charge is 0.481 e. The first kappa shape index (κ1) is 12.4. The van der Waals surface area contributed by atoms with E-state index in [-0.39, 0.29) is 19.0 Å². The van der Waals surface area contributed by atoms with Crippen molar-refractivity contribution in [2.45, 2.75) is 20.3 Å². The molecule has 1 aliphatic rings. The van der Waals surface area contributed by atoms with Crippen LogP contribution in [0.15, 0.2) is 18.2 Å². The summed E-state index contributed by atoms with van der Waals surface area (Å²) in [7, 11) is 0. The summed E-state index contributed by atoms with van der Waals surface area (Å²) in [6.07, 6.45) is -0.0536. The molecule has 1 aromatic carbocycles. The van der Waals surface area contributed by atoms with Gasteiger partial charge < -0.3 is 14.6 Å². The van der Waals surface area contributed by atoms with E-state index >= 15 is 0 Å². The zero-order valence-electron chi connectivity index (χ0n) is 10.2. The summed E-state index contributed by atoms with van der Waals surface area (Å²) in [6, 6.07) is 4.86. The fraction of sp³-hybridized carbons (Fsp3) is 0.385. The fourth-order valence-corrected chi connectivity index (χ4v) is 1.65. The zero-order valence-corrected chi connectivity index (χ0v) is 10.2. The van der Waals surface area contributed by atoms with Crippen LogP contribution in [0.2, 0.25) is 0 Å².